The van der Waals surface area contributed by atoms with Crippen molar-refractivity contribution in [2.45, 2.75) is 38.0 Å². The maximum atomic E-state index is 11.9. The standard InChI is InChI=1S/C19H22O2/c1-2-19(18(20)21,17-13-7-4-8-14-17)15-9-12-16-10-5-3-6-11-16/h3-8,10-11,13-14H,2,9,12,15H2,1H3,(H,20,21). The van der Waals surface area contributed by atoms with Crippen molar-refractivity contribution >= 4 is 5.97 Å². The molecule has 21 heavy (non-hydrogen) atoms. The van der Waals surface area contributed by atoms with E-state index < -0.39 is 11.4 Å². The molecule has 0 fully saturated rings. The molecule has 0 spiro atoms. The lowest BCUT2D eigenvalue weighted by atomic mass is 9.74. The summed E-state index contributed by atoms with van der Waals surface area (Å²) in [5, 5.41) is 9.77. The average molecular weight is 282 g/mol. The van der Waals surface area contributed by atoms with Crippen LogP contribution in [0.15, 0.2) is 60.7 Å². The summed E-state index contributed by atoms with van der Waals surface area (Å²) in [5.41, 5.74) is 1.41. The van der Waals surface area contributed by atoms with Crippen LogP contribution in [-0.4, -0.2) is 11.1 Å². The molecule has 1 unspecified atom stereocenters. The first kappa shape index (κ1) is 15.3. The second-order valence-electron chi connectivity index (χ2n) is 5.45. The number of aryl methyl sites for hydroxylation is 1. The van der Waals surface area contributed by atoms with Crippen molar-refractivity contribution in [3.63, 3.8) is 0 Å². The summed E-state index contributed by atoms with van der Waals surface area (Å²) in [6, 6.07) is 19.9. The van der Waals surface area contributed by atoms with Gasteiger partial charge in [0.1, 0.15) is 0 Å². The van der Waals surface area contributed by atoms with Gasteiger partial charge in [0, 0.05) is 0 Å². The van der Waals surface area contributed by atoms with Crippen molar-refractivity contribution in [2.24, 2.45) is 0 Å². The zero-order chi connectivity index (χ0) is 15.1. The Morgan fingerprint density at radius 1 is 1.00 bits per heavy atom. The molecule has 2 aromatic carbocycles. The van der Waals surface area contributed by atoms with Gasteiger partial charge in [-0.15, -0.1) is 0 Å². The van der Waals surface area contributed by atoms with Gasteiger partial charge in [-0.25, -0.2) is 0 Å². The summed E-state index contributed by atoms with van der Waals surface area (Å²) < 4.78 is 0. The van der Waals surface area contributed by atoms with Gasteiger partial charge in [-0.3, -0.25) is 4.79 Å². The maximum absolute atomic E-state index is 11.9. The zero-order valence-electron chi connectivity index (χ0n) is 12.5. The van der Waals surface area contributed by atoms with Gasteiger partial charge >= 0.3 is 5.97 Å². The molecule has 0 aromatic heterocycles. The zero-order valence-corrected chi connectivity index (χ0v) is 12.5. The first-order valence-electron chi connectivity index (χ1n) is 7.52. The van der Waals surface area contributed by atoms with Crippen LogP contribution in [0.4, 0.5) is 0 Å². The summed E-state index contributed by atoms with van der Waals surface area (Å²) in [5.74, 6) is -0.718. The number of carbonyl (C=O) groups is 1. The molecule has 0 radical (unpaired) electrons. The highest BCUT2D eigenvalue weighted by Crippen LogP contribution is 2.34. The van der Waals surface area contributed by atoms with E-state index in [4.69, 9.17) is 0 Å². The minimum Gasteiger partial charge on any atom is -0.481 e. The van der Waals surface area contributed by atoms with Crippen LogP contribution in [0.3, 0.4) is 0 Å². The Morgan fingerprint density at radius 2 is 1.57 bits per heavy atom. The van der Waals surface area contributed by atoms with Gasteiger partial charge in [0.15, 0.2) is 0 Å². The first-order valence-corrected chi connectivity index (χ1v) is 7.52. The van der Waals surface area contributed by atoms with Crippen LogP contribution in [0.5, 0.6) is 0 Å². The van der Waals surface area contributed by atoms with Crippen LogP contribution in [-0.2, 0) is 16.6 Å². The number of rotatable bonds is 7. The number of benzene rings is 2. The molecule has 0 aliphatic heterocycles. The molecule has 2 heteroatoms. The van der Waals surface area contributed by atoms with E-state index in [0.29, 0.717) is 12.8 Å². The summed E-state index contributed by atoms with van der Waals surface area (Å²) in [6.45, 7) is 1.96. The largest absolute Gasteiger partial charge is 0.481 e. The van der Waals surface area contributed by atoms with Gasteiger partial charge in [0.2, 0.25) is 0 Å². The Bertz CT molecular complexity index is 563. The normalized spacial score (nSPS) is 13.6. The molecule has 0 aliphatic carbocycles. The highest BCUT2D eigenvalue weighted by molar-refractivity contribution is 5.81. The molecule has 2 aromatic rings. The van der Waals surface area contributed by atoms with Crippen molar-refractivity contribution in [3.8, 4) is 0 Å². The monoisotopic (exact) mass is 282 g/mol. The van der Waals surface area contributed by atoms with Crippen LogP contribution in [0, 0.1) is 0 Å². The van der Waals surface area contributed by atoms with E-state index in [0.717, 1.165) is 18.4 Å². The lowest BCUT2D eigenvalue weighted by Gasteiger charge is -2.29. The van der Waals surface area contributed by atoms with E-state index in [2.05, 4.69) is 12.1 Å². The van der Waals surface area contributed by atoms with Gasteiger partial charge in [-0.2, -0.15) is 0 Å². The molecule has 0 bridgehead atoms. The Kier molecular flexibility index (Phi) is 5.15. The van der Waals surface area contributed by atoms with Crippen molar-refractivity contribution in [1.82, 2.24) is 0 Å². The molecule has 0 amide bonds. The number of hydrogen-bond donors (Lipinski definition) is 1. The Labute approximate surface area is 126 Å². The van der Waals surface area contributed by atoms with Crippen molar-refractivity contribution in [1.29, 1.82) is 0 Å². The number of hydrogen-bond acceptors (Lipinski definition) is 1. The van der Waals surface area contributed by atoms with E-state index in [1.807, 2.05) is 55.5 Å². The van der Waals surface area contributed by atoms with E-state index in [1.54, 1.807) is 0 Å². The second kappa shape index (κ2) is 7.07. The van der Waals surface area contributed by atoms with Crippen LogP contribution in [0.2, 0.25) is 0 Å². The second-order valence-corrected chi connectivity index (χ2v) is 5.45. The molecule has 1 N–H and O–H groups in total. The van der Waals surface area contributed by atoms with Crippen LogP contribution in [0.1, 0.15) is 37.3 Å². The quantitative estimate of drug-likeness (QED) is 0.815. The minimum absolute atomic E-state index is 0.612. The van der Waals surface area contributed by atoms with E-state index in [9.17, 15) is 9.90 Å². The van der Waals surface area contributed by atoms with Gasteiger partial charge in [-0.1, -0.05) is 67.6 Å². The Morgan fingerprint density at radius 3 is 2.10 bits per heavy atom. The summed E-state index contributed by atoms with van der Waals surface area (Å²) in [4.78, 5) is 11.9. The van der Waals surface area contributed by atoms with Crippen molar-refractivity contribution in [3.05, 3.63) is 71.8 Å². The molecule has 0 saturated carbocycles. The molecule has 1 atom stereocenters. The third-order valence-electron chi connectivity index (χ3n) is 4.25. The van der Waals surface area contributed by atoms with Gasteiger partial charge < -0.3 is 5.11 Å². The highest BCUT2D eigenvalue weighted by Gasteiger charge is 2.37. The maximum Gasteiger partial charge on any atom is 0.314 e. The van der Waals surface area contributed by atoms with Crippen molar-refractivity contribution < 1.29 is 9.90 Å². The van der Waals surface area contributed by atoms with Crippen LogP contribution >= 0.6 is 0 Å². The van der Waals surface area contributed by atoms with Crippen LogP contribution < -0.4 is 0 Å². The molecule has 0 heterocycles. The Balaban J connectivity index is 2.12. The lowest BCUT2D eigenvalue weighted by Crippen LogP contribution is -2.35. The SMILES string of the molecule is CCC(CCCc1ccccc1)(C(=O)O)c1ccccc1. The first-order chi connectivity index (χ1) is 10.2. The van der Waals surface area contributed by atoms with Gasteiger partial charge in [0.25, 0.3) is 0 Å². The molecule has 110 valence electrons. The highest BCUT2D eigenvalue weighted by atomic mass is 16.4. The predicted molar refractivity (Wildman–Crippen MR) is 85.4 cm³/mol. The molecule has 2 nitrogen and oxygen atoms in total. The molecular formula is C19H22O2. The summed E-state index contributed by atoms with van der Waals surface area (Å²) in [7, 11) is 0. The predicted octanol–water partition coefficient (Wildman–Crippen LogP) is 4.44. The van der Waals surface area contributed by atoms with Crippen LogP contribution in [0.25, 0.3) is 0 Å². The molecule has 0 aliphatic rings. The lowest BCUT2D eigenvalue weighted by molar-refractivity contribution is -0.144. The molecular weight excluding hydrogens is 260 g/mol. The Hall–Kier alpha value is -2.09. The average Bonchev–Trinajstić information content (AvgIpc) is 2.53. The van der Waals surface area contributed by atoms with E-state index in [1.165, 1.54) is 5.56 Å². The summed E-state index contributed by atoms with van der Waals surface area (Å²) in [6.07, 6.45) is 3.07. The fourth-order valence-corrected chi connectivity index (χ4v) is 2.90. The third kappa shape index (κ3) is 3.52. The number of aliphatic carboxylic acids is 1. The van der Waals surface area contributed by atoms with Crippen molar-refractivity contribution in [2.75, 3.05) is 0 Å². The van der Waals surface area contributed by atoms with E-state index in [-0.39, 0.29) is 0 Å². The fraction of sp³-hybridized carbons (Fsp3) is 0.316. The molecule has 2 rings (SSSR count). The van der Waals surface area contributed by atoms with Gasteiger partial charge in [0.05, 0.1) is 5.41 Å². The number of carboxylic acid groups (broad SMARTS) is 1. The number of carboxylic acids is 1. The minimum atomic E-state index is -0.768. The smallest absolute Gasteiger partial charge is 0.314 e. The van der Waals surface area contributed by atoms with E-state index >= 15 is 0 Å². The third-order valence-corrected chi connectivity index (χ3v) is 4.25. The fourth-order valence-electron chi connectivity index (χ4n) is 2.90. The topological polar surface area (TPSA) is 37.3 Å². The molecule has 0 saturated heterocycles. The summed E-state index contributed by atoms with van der Waals surface area (Å²) >= 11 is 0. The van der Waals surface area contributed by atoms with Gasteiger partial charge in [-0.05, 0) is 36.8 Å².